The van der Waals surface area contributed by atoms with Gasteiger partial charge in [-0.05, 0) is 29.1 Å². The lowest BCUT2D eigenvalue weighted by atomic mass is 9.85. The lowest BCUT2D eigenvalue weighted by Gasteiger charge is -2.25. The molecule has 0 aliphatic carbocycles. The Hall–Kier alpha value is -1.54. The van der Waals surface area contributed by atoms with Crippen LogP contribution in [0.2, 0.25) is 5.22 Å². The van der Waals surface area contributed by atoms with Gasteiger partial charge < -0.3 is 9.15 Å². The van der Waals surface area contributed by atoms with Crippen LogP contribution in [0.5, 0.6) is 0 Å². The van der Waals surface area contributed by atoms with Crippen LogP contribution in [0, 0.1) is 5.41 Å². The molecule has 1 aliphatic heterocycles. The highest BCUT2D eigenvalue weighted by Gasteiger charge is 2.33. The van der Waals surface area contributed by atoms with Gasteiger partial charge in [-0.2, -0.15) is 8.42 Å². The van der Waals surface area contributed by atoms with E-state index in [-0.39, 0.29) is 22.4 Å². The minimum absolute atomic E-state index is 0.0462. The Balaban J connectivity index is 2.45. The van der Waals surface area contributed by atoms with Crippen molar-refractivity contribution in [2.75, 3.05) is 7.11 Å². The Morgan fingerprint density at radius 3 is 2.57 bits per heavy atom. The smallest absolute Gasteiger partial charge is 0.347 e. The number of aliphatic imine (C=N–C) groups is 1. The van der Waals surface area contributed by atoms with Crippen LogP contribution in [0.3, 0.4) is 0 Å². The van der Waals surface area contributed by atoms with Crippen molar-refractivity contribution < 1.29 is 17.6 Å². The first-order chi connectivity index (χ1) is 9.62. The van der Waals surface area contributed by atoms with E-state index in [1.807, 2.05) is 20.8 Å². The van der Waals surface area contributed by atoms with Crippen LogP contribution in [0.4, 0.5) is 0 Å². The minimum Gasteiger partial charge on any atom is -0.478 e. The van der Waals surface area contributed by atoms with Gasteiger partial charge in [0, 0.05) is 0 Å². The third-order valence-electron chi connectivity index (χ3n) is 2.77. The molecule has 21 heavy (non-hydrogen) atoms. The largest absolute Gasteiger partial charge is 0.478 e. The lowest BCUT2D eigenvalue weighted by Crippen LogP contribution is -2.30. The van der Waals surface area contributed by atoms with Crippen molar-refractivity contribution in [2.24, 2.45) is 14.8 Å². The van der Waals surface area contributed by atoms with Gasteiger partial charge in [-0.25, -0.2) is 4.72 Å². The quantitative estimate of drug-likeness (QED) is 0.898. The molecule has 1 aromatic heterocycles. The summed E-state index contributed by atoms with van der Waals surface area (Å²) in [6, 6.07) is 2.86. The number of methoxy groups -OCH3 is 1. The van der Waals surface area contributed by atoms with Gasteiger partial charge in [0.05, 0.1) is 7.11 Å². The third kappa shape index (κ3) is 3.56. The summed E-state index contributed by atoms with van der Waals surface area (Å²) < 4.78 is 38.9. The van der Waals surface area contributed by atoms with Crippen LogP contribution in [-0.2, 0) is 14.9 Å². The maximum Gasteiger partial charge on any atom is 0.347 e. The van der Waals surface area contributed by atoms with Gasteiger partial charge in [-0.15, -0.1) is 4.40 Å². The molecule has 0 saturated carbocycles. The molecule has 9 heteroatoms. The summed E-state index contributed by atoms with van der Waals surface area (Å²) in [6.45, 7) is 5.85. The summed E-state index contributed by atoms with van der Waals surface area (Å²) in [6.07, 6.45) is 0. The summed E-state index contributed by atoms with van der Waals surface area (Å²) in [5.74, 6) is 0.494. The predicted molar refractivity (Wildman–Crippen MR) is 79.8 cm³/mol. The van der Waals surface area contributed by atoms with E-state index in [0.717, 1.165) is 0 Å². The Bertz CT molecular complexity index is 700. The number of hydrogen-bond acceptors (Lipinski definition) is 5. The second-order valence-corrected chi connectivity index (χ2v) is 7.28. The van der Waals surface area contributed by atoms with Crippen molar-refractivity contribution in [3.05, 3.63) is 23.1 Å². The van der Waals surface area contributed by atoms with Crippen LogP contribution >= 0.6 is 11.6 Å². The van der Waals surface area contributed by atoms with E-state index in [0.29, 0.717) is 5.76 Å². The molecule has 0 saturated heterocycles. The lowest BCUT2D eigenvalue weighted by molar-refractivity contribution is 0.287. The van der Waals surface area contributed by atoms with Crippen LogP contribution in [-0.4, -0.2) is 27.3 Å². The first kappa shape index (κ1) is 15.8. The van der Waals surface area contributed by atoms with Gasteiger partial charge >= 0.3 is 10.2 Å². The Kier molecular flexibility index (Phi) is 4.03. The van der Waals surface area contributed by atoms with E-state index in [1.54, 1.807) is 12.1 Å². The number of nitrogens with one attached hydrogen (secondary N) is 1. The number of furan rings is 1. The molecule has 0 aromatic carbocycles. The van der Waals surface area contributed by atoms with E-state index in [4.69, 9.17) is 20.8 Å². The van der Waals surface area contributed by atoms with E-state index in [9.17, 15) is 8.42 Å². The maximum absolute atomic E-state index is 11.5. The van der Waals surface area contributed by atoms with Gasteiger partial charge in [0.15, 0.2) is 5.22 Å². The average molecular weight is 334 g/mol. The van der Waals surface area contributed by atoms with Crippen molar-refractivity contribution in [2.45, 2.75) is 26.8 Å². The molecule has 116 valence electrons. The molecule has 0 spiro atoms. The molecular formula is C12H16ClN3O4S. The van der Waals surface area contributed by atoms with Crippen LogP contribution in [0.25, 0.3) is 0 Å². The van der Waals surface area contributed by atoms with E-state index < -0.39 is 16.3 Å². The SMILES string of the molecule is COC1=NS(=O)(=O)NC1=N[C@@H](c1ccc(Cl)o1)C(C)(C)C. The minimum atomic E-state index is -3.80. The average Bonchev–Trinajstić information content (AvgIpc) is 2.87. The molecule has 7 nitrogen and oxygen atoms in total. The van der Waals surface area contributed by atoms with E-state index >= 15 is 0 Å². The molecule has 0 unspecified atom stereocenters. The second kappa shape index (κ2) is 5.34. The summed E-state index contributed by atoms with van der Waals surface area (Å²) >= 11 is 5.80. The zero-order valence-corrected chi connectivity index (χ0v) is 13.6. The van der Waals surface area contributed by atoms with Crippen molar-refractivity contribution in [3.8, 4) is 0 Å². The fraction of sp³-hybridized carbons (Fsp3) is 0.500. The van der Waals surface area contributed by atoms with Gasteiger partial charge in [0.25, 0.3) is 5.90 Å². The van der Waals surface area contributed by atoms with Gasteiger partial charge in [0.2, 0.25) is 5.84 Å². The number of amidine groups is 1. The Morgan fingerprint density at radius 2 is 2.10 bits per heavy atom. The second-order valence-electron chi connectivity index (χ2n) is 5.57. The van der Waals surface area contributed by atoms with Gasteiger partial charge in [-0.3, -0.25) is 4.99 Å². The molecule has 1 atom stereocenters. The number of nitrogens with zero attached hydrogens (tertiary/aromatic N) is 2. The highest BCUT2D eigenvalue weighted by molar-refractivity contribution is 7.89. The highest BCUT2D eigenvalue weighted by atomic mass is 35.5. The third-order valence-corrected chi connectivity index (χ3v) is 3.83. The number of ether oxygens (including phenoxy) is 1. The fourth-order valence-corrected chi connectivity index (χ4v) is 2.81. The zero-order valence-electron chi connectivity index (χ0n) is 12.0. The number of halogens is 1. The van der Waals surface area contributed by atoms with Crippen molar-refractivity contribution in [1.82, 2.24) is 4.72 Å². The first-order valence-electron chi connectivity index (χ1n) is 6.12. The number of hydrogen-bond donors (Lipinski definition) is 1. The standard InChI is InChI=1S/C12H16ClN3O4S/c1-12(2,3)9(7-5-6-8(13)20-7)14-10-11(19-4)16-21(17,18)15-10/h5-6,9H,1-4H3,(H,14,15)/t9-/m0/s1. The molecule has 0 fully saturated rings. The van der Waals surface area contributed by atoms with Gasteiger partial charge in [-0.1, -0.05) is 20.8 Å². The summed E-state index contributed by atoms with van der Waals surface area (Å²) in [4.78, 5) is 4.40. The normalized spacial score (nSPS) is 21.0. The fourth-order valence-electron chi connectivity index (χ4n) is 1.84. The number of rotatable bonds is 2. The summed E-state index contributed by atoms with van der Waals surface area (Å²) in [5, 5.41) is 0.243. The highest BCUT2D eigenvalue weighted by Crippen LogP contribution is 2.38. The first-order valence-corrected chi connectivity index (χ1v) is 7.94. The molecular weight excluding hydrogens is 318 g/mol. The predicted octanol–water partition coefficient (Wildman–Crippen LogP) is 2.31. The van der Waals surface area contributed by atoms with Crippen molar-refractivity contribution >= 4 is 33.5 Å². The molecule has 1 N–H and O–H groups in total. The summed E-state index contributed by atoms with van der Waals surface area (Å²) in [5.41, 5.74) is -0.332. The van der Waals surface area contributed by atoms with Crippen LogP contribution < -0.4 is 4.72 Å². The Labute approximate surface area is 128 Å². The van der Waals surface area contributed by atoms with Crippen LogP contribution in [0.1, 0.15) is 32.6 Å². The van der Waals surface area contributed by atoms with Gasteiger partial charge in [0.1, 0.15) is 11.8 Å². The molecule has 1 aromatic rings. The molecule has 2 heterocycles. The van der Waals surface area contributed by atoms with Crippen molar-refractivity contribution in [1.29, 1.82) is 0 Å². The molecule has 1 aliphatic rings. The monoisotopic (exact) mass is 333 g/mol. The van der Waals surface area contributed by atoms with E-state index in [2.05, 4.69) is 14.1 Å². The molecule has 0 amide bonds. The Morgan fingerprint density at radius 1 is 1.43 bits per heavy atom. The van der Waals surface area contributed by atoms with Crippen molar-refractivity contribution in [3.63, 3.8) is 0 Å². The summed E-state index contributed by atoms with van der Waals surface area (Å²) in [7, 11) is -2.47. The molecule has 2 rings (SSSR count). The van der Waals surface area contributed by atoms with Crippen LogP contribution in [0.15, 0.2) is 25.9 Å². The topological polar surface area (TPSA) is 93.3 Å². The zero-order chi connectivity index (χ0) is 15.8. The van der Waals surface area contributed by atoms with E-state index in [1.165, 1.54) is 7.11 Å². The molecule has 0 bridgehead atoms. The molecule has 0 radical (unpaired) electrons. The maximum atomic E-state index is 11.5.